The monoisotopic (exact) mass is 284 g/mol. The molecule has 0 aliphatic carbocycles. The molecule has 1 heterocycles. The molecule has 0 saturated carbocycles. The van der Waals surface area contributed by atoms with Crippen LogP contribution in [0.15, 0.2) is 30.3 Å². The molecule has 0 spiro atoms. The smallest absolute Gasteiger partial charge is 0.331 e. The standard InChI is InChI=1S/C16H18N3O2/c1-4-14-9-15(13-7-5-6-12(8-13)10-17)18(2)19(14)11-16(20)21-3/h5-9H,4,11H2,1-3H3/q+1. The highest BCUT2D eigenvalue weighted by molar-refractivity contribution is 5.69. The Bertz CT molecular complexity index is 711. The van der Waals surface area contributed by atoms with Crippen molar-refractivity contribution < 1.29 is 14.2 Å². The first-order valence-electron chi connectivity index (χ1n) is 6.76. The van der Waals surface area contributed by atoms with Crippen LogP contribution in [-0.2, 0) is 29.5 Å². The maximum absolute atomic E-state index is 11.5. The number of aryl methyl sites for hydroxylation is 1. The van der Waals surface area contributed by atoms with Gasteiger partial charge in [0.2, 0.25) is 5.69 Å². The van der Waals surface area contributed by atoms with Crippen molar-refractivity contribution in [2.75, 3.05) is 7.11 Å². The van der Waals surface area contributed by atoms with Crippen molar-refractivity contribution >= 4 is 5.97 Å². The van der Waals surface area contributed by atoms with Gasteiger partial charge in [-0.2, -0.15) is 5.26 Å². The van der Waals surface area contributed by atoms with Gasteiger partial charge in [0.1, 0.15) is 0 Å². The molecular formula is C16H18N3O2+. The first-order valence-corrected chi connectivity index (χ1v) is 6.76. The number of aromatic nitrogens is 2. The number of benzene rings is 1. The third kappa shape index (κ3) is 2.95. The fraction of sp³-hybridized carbons (Fsp3) is 0.312. The Labute approximate surface area is 124 Å². The lowest BCUT2D eigenvalue weighted by atomic mass is 10.1. The predicted octanol–water partition coefficient (Wildman–Crippen LogP) is 1.59. The molecule has 0 unspecified atom stereocenters. The van der Waals surface area contributed by atoms with Crippen molar-refractivity contribution in [2.24, 2.45) is 7.05 Å². The fourth-order valence-corrected chi connectivity index (χ4v) is 2.35. The second-order valence-corrected chi connectivity index (χ2v) is 4.72. The molecule has 0 amide bonds. The average Bonchev–Trinajstić information content (AvgIpc) is 2.83. The summed E-state index contributed by atoms with van der Waals surface area (Å²) in [5.41, 5.74) is 3.58. The molecule has 0 fully saturated rings. The predicted molar refractivity (Wildman–Crippen MR) is 77.2 cm³/mol. The van der Waals surface area contributed by atoms with Crippen molar-refractivity contribution in [1.29, 1.82) is 5.26 Å². The summed E-state index contributed by atoms with van der Waals surface area (Å²) >= 11 is 0. The summed E-state index contributed by atoms with van der Waals surface area (Å²) in [4.78, 5) is 11.5. The van der Waals surface area contributed by atoms with Crippen LogP contribution >= 0.6 is 0 Å². The van der Waals surface area contributed by atoms with Crippen LogP contribution in [0.1, 0.15) is 18.2 Å². The maximum atomic E-state index is 11.5. The number of carbonyl (C=O) groups is 1. The van der Waals surface area contributed by atoms with E-state index in [9.17, 15) is 4.79 Å². The Morgan fingerprint density at radius 1 is 1.43 bits per heavy atom. The summed E-state index contributed by atoms with van der Waals surface area (Å²) in [6.45, 7) is 2.21. The van der Waals surface area contributed by atoms with Gasteiger partial charge in [-0.1, -0.05) is 13.0 Å². The number of hydrogen-bond donors (Lipinski definition) is 0. The summed E-state index contributed by atoms with van der Waals surface area (Å²) < 4.78 is 8.56. The lowest BCUT2D eigenvalue weighted by Crippen LogP contribution is -2.43. The molecule has 2 aromatic rings. The normalized spacial score (nSPS) is 10.2. The zero-order valence-electron chi connectivity index (χ0n) is 12.5. The molecule has 5 nitrogen and oxygen atoms in total. The number of rotatable bonds is 4. The third-order valence-electron chi connectivity index (χ3n) is 3.50. The number of methoxy groups -OCH3 is 1. The summed E-state index contributed by atoms with van der Waals surface area (Å²) in [7, 11) is 3.28. The minimum Gasteiger partial charge on any atom is -0.468 e. The number of nitriles is 1. The second kappa shape index (κ2) is 6.23. The van der Waals surface area contributed by atoms with E-state index in [2.05, 4.69) is 6.07 Å². The zero-order chi connectivity index (χ0) is 15.4. The van der Waals surface area contributed by atoms with E-state index >= 15 is 0 Å². The first-order chi connectivity index (χ1) is 10.1. The van der Waals surface area contributed by atoms with Crippen LogP contribution in [-0.4, -0.2) is 17.8 Å². The summed E-state index contributed by atoms with van der Waals surface area (Å²) in [5.74, 6) is -0.284. The van der Waals surface area contributed by atoms with Gasteiger partial charge in [0.15, 0.2) is 13.6 Å². The molecule has 0 aliphatic rings. The molecular weight excluding hydrogens is 266 g/mol. The maximum Gasteiger partial charge on any atom is 0.331 e. The van der Waals surface area contributed by atoms with Crippen molar-refractivity contribution in [3.8, 4) is 17.3 Å². The van der Waals surface area contributed by atoms with E-state index < -0.39 is 0 Å². The molecule has 0 N–H and O–H groups in total. The van der Waals surface area contributed by atoms with Crippen molar-refractivity contribution in [3.63, 3.8) is 0 Å². The quantitative estimate of drug-likeness (QED) is 0.633. The van der Waals surface area contributed by atoms with E-state index in [1.54, 1.807) is 6.07 Å². The summed E-state index contributed by atoms with van der Waals surface area (Å²) in [5, 5.41) is 9.01. The number of nitrogens with zero attached hydrogens (tertiary/aromatic N) is 3. The Hall–Kier alpha value is -2.61. The van der Waals surface area contributed by atoms with E-state index in [0.29, 0.717) is 5.56 Å². The van der Waals surface area contributed by atoms with Gasteiger partial charge in [0, 0.05) is 11.6 Å². The second-order valence-electron chi connectivity index (χ2n) is 4.72. The van der Waals surface area contributed by atoms with E-state index in [4.69, 9.17) is 10.00 Å². The molecule has 1 aromatic heterocycles. The SMILES string of the molecule is CCc1cc(-c2cccc(C#N)c2)[n+](C)n1CC(=O)OC. The van der Waals surface area contributed by atoms with Crippen LogP contribution in [0.25, 0.3) is 11.3 Å². The molecule has 1 aromatic carbocycles. The Morgan fingerprint density at radius 3 is 2.81 bits per heavy atom. The van der Waals surface area contributed by atoms with Gasteiger partial charge in [-0.15, -0.1) is 9.36 Å². The topological polar surface area (TPSA) is 58.9 Å². The van der Waals surface area contributed by atoms with Crippen LogP contribution in [0.4, 0.5) is 0 Å². The number of hydrogen-bond acceptors (Lipinski definition) is 3. The van der Waals surface area contributed by atoms with Gasteiger partial charge in [-0.05, 0) is 24.6 Å². The molecule has 0 atom stereocenters. The largest absolute Gasteiger partial charge is 0.468 e. The molecule has 2 rings (SSSR count). The minimum absolute atomic E-state index is 0.175. The van der Waals surface area contributed by atoms with Gasteiger partial charge in [-0.25, -0.2) is 4.79 Å². The highest BCUT2D eigenvalue weighted by atomic mass is 16.5. The van der Waals surface area contributed by atoms with Gasteiger partial charge >= 0.3 is 5.97 Å². The molecule has 21 heavy (non-hydrogen) atoms. The van der Waals surface area contributed by atoms with Gasteiger partial charge in [0.05, 0.1) is 24.4 Å². The average molecular weight is 284 g/mol. The van der Waals surface area contributed by atoms with Crippen LogP contribution in [0.3, 0.4) is 0 Å². The molecule has 0 saturated heterocycles. The molecule has 0 bridgehead atoms. The molecule has 5 heteroatoms. The summed E-state index contributed by atoms with van der Waals surface area (Å²) in [6.07, 6.45) is 0.808. The first kappa shape index (κ1) is 14.8. The molecule has 108 valence electrons. The third-order valence-corrected chi connectivity index (χ3v) is 3.50. The molecule has 0 radical (unpaired) electrons. The van der Waals surface area contributed by atoms with Crippen LogP contribution in [0.2, 0.25) is 0 Å². The Balaban J connectivity index is 2.50. The highest BCUT2D eigenvalue weighted by Gasteiger charge is 2.22. The Morgan fingerprint density at radius 2 is 2.19 bits per heavy atom. The lowest BCUT2D eigenvalue weighted by Gasteiger charge is -2.03. The summed E-state index contributed by atoms with van der Waals surface area (Å²) in [6, 6.07) is 11.6. The van der Waals surface area contributed by atoms with Gasteiger partial charge in [-0.3, -0.25) is 0 Å². The van der Waals surface area contributed by atoms with Crippen LogP contribution in [0, 0.1) is 11.3 Å². The van der Waals surface area contributed by atoms with Crippen molar-refractivity contribution in [1.82, 2.24) is 4.68 Å². The van der Waals surface area contributed by atoms with E-state index in [-0.39, 0.29) is 12.5 Å². The fourth-order valence-electron chi connectivity index (χ4n) is 2.35. The minimum atomic E-state index is -0.284. The molecule has 0 aliphatic heterocycles. The van der Waals surface area contributed by atoms with Gasteiger partial charge in [0.25, 0.3) is 0 Å². The Kier molecular flexibility index (Phi) is 4.39. The highest BCUT2D eigenvalue weighted by Crippen LogP contribution is 2.19. The zero-order valence-corrected chi connectivity index (χ0v) is 12.5. The van der Waals surface area contributed by atoms with Crippen LogP contribution in [0.5, 0.6) is 0 Å². The van der Waals surface area contributed by atoms with E-state index in [1.165, 1.54) is 7.11 Å². The lowest BCUT2D eigenvalue weighted by molar-refractivity contribution is -0.743. The number of carbonyl (C=O) groups excluding carboxylic acids is 1. The van der Waals surface area contributed by atoms with Crippen molar-refractivity contribution in [3.05, 3.63) is 41.6 Å². The van der Waals surface area contributed by atoms with Crippen LogP contribution < -0.4 is 4.68 Å². The van der Waals surface area contributed by atoms with E-state index in [0.717, 1.165) is 23.4 Å². The van der Waals surface area contributed by atoms with Gasteiger partial charge < -0.3 is 4.74 Å². The number of ether oxygens (including phenoxy) is 1. The number of esters is 1. The van der Waals surface area contributed by atoms with E-state index in [1.807, 2.05) is 47.6 Å². The van der Waals surface area contributed by atoms with Crippen molar-refractivity contribution in [2.45, 2.75) is 19.9 Å².